The number of aliphatic hydroxyl groups excluding tert-OH is 1. The van der Waals surface area contributed by atoms with E-state index in [1.54, 1.807) is 12.1 Å². The van der Waals surface area contributed by atoms with E-state index in [1.165, 1.54) is 11.0 Å². The molecule has 1 heterocycles. The van der Waals surface area contributed by atoms with Gasteiger partial charge in [-0.1, -0.05) is 30.3 Å². The summed E-state index contributed by atoms with van der Waals surface area (Å²) in [6.45, 7) is 0.308. The number of hydrogen-bond donors (Lipinski definition) is 2. The zero-order valence-corrected chi connectivity index (χ0v) is 16.1. The van der Waals surface area contributed by atoms with Gasteiger partial charge in [-0.3, -0.25) is 19.3 Å². The molecule has 1 aliphatic carbocycles. The lowest BCUT2D eigenvalue weighted by atomic mass is 9.93. The van der Waals surface area contributed by atoms with E-state index in [1.807, 2.05) is 30.3 Å². The van der Waals surface area contributed by atoms with Crippen molar-refractivity contribution in [3.8, 4) is 0 Å². The summed E-state index contributed by atoms with van der Waals surface area (Å²) in [5.41, 5.74) is 2.07. The summed E-state index contributed by atoms with van der Waals surface area (Å²) in [5.74, 6) is -0.914. The Hall–Kier alpha value is -2.99. The van der Waals surface area contributed by atoms with Crippen LogP contribution in [0.3, 0.4) is 0 Å². The van der Waals surface area contributed by atoms with Gasteiger partial charge in [0.2, 0.25) is 0 Å². The maximum atomic E-state index is 12.8. The van der Waals surface area contributed by atoms with Crippen LogP contribution in [-0.2, 0) is 6.42 Å². The molecule has 1 aliphatic heterocycles. The number of amides is 3. The van der Waals surface area contributed by atoms with E-state index in [0.29, 0.717) is 36.9 Å². The highest BCUT2D eigenvalue weighted by molar-refractivity contribution is 6.22. The first-order chi connectivity index (χ1) is 14.0. The standard InChI is InChI=1S/C23H24N2O4/c26-18-9-7-17(8-10-18)24-21(27)16-6-11-19-20(14-16)23(29)25(22(19)28)13-12-15-4-2-1-3-5-15/h1-6,11,14,17-18,26H,7-10,12-13H2,(H,24,27). The van der Waals surface area contributed by atoms with Gasteiger partial charge in [0, 0.05) is 18.2 Å². The zero-order chi connectivity index (χ0) is 20.4. The van der Waals surface area contributed by atoms with Crippen LogP contribution in [-0.4, -0.2) is 46.4 Å². The minimum atomic E-state index is -0.351. The molecule has 0 saturated heterocycles. The van der Waals surface area contributed by atoms with Crippen molar-refractivity contribution in [2.75, 3.05) is 6.54 Å². The lowest BCUT2D eigenvalue weighted by Crippen LogP contribution is -2.38. The first-order valence-corrected chi connectivity index (χ1v) is 10.1. The van der Waals surface area contributed by atoms with Gasteiger partial charge in [-0.2, -0.15) is 0 Å². The summed E-state index contributed by atoms with van der Waals surface area (Å²) in [6.07, 6.45) is 3.14. The predicted octanol–water partition coefficient (Wildman–Crippen LogP) is 2.56. The Morgan fingerprint density at radius 3 is 2.38 bits per heavy atom. The molecule has 29 heavy (non-hydrogen) atoms. The predicted molar refractivity (Wildman–Crippen MR) is 108 cm³/mol. The minimum absolute atomic E-state index is 0.0267. The molecule has 0 aromatic heterocycles. The second-order valence-electron chi connectivity index (χ2n) is 7.74. The van der Waals surface area contributed by atoms with E-state index in [0.717, 1.165) is 18.4 Å². The summed E-state index contributed by atoms with van der Waals surface area (Å²) in [6, 6.07) is 14.4. The molecule has 150 valence electrons. The fourth-order valence-corrected chi connectivity index (χ4v) is 4.01. The molecule has 6 heteroatoms. The lowest BCUT2D eigenvalue weighted by Gasteiger charge is -2.26. The van der Waals surface area contributed by atoms with Gasteiger partial charge in [-0.15, -0.1) is 0 Å². The lowest BCUT2D eigenvalue weighted by molar-refractivity contribution is 0.0656. The van der Waals surface area contributed by atoms with Crippen molar-refractivity contribution in [1.29, 1.82) is 0 Å². The highest BCUT2D eigenvalue weighted by Gasteiger charge is 2.35. The van der Waals surface area contributed by atoms with Crippen molar-refractivity contribution in [3.05, 3.63) is 70.8 Å². The molecule has 2 aliphatic rings. The number of aliphatic hydroxyl groups is 1. The van der Waals surface area contributed by atoms with Crippen LogP contribution in [0.1, 0.15) is 62.3 Å². The summed E-state index contributed by atoms with van der Waals surface area (Å²) in [7, 11) is 0. The van der Waals surface area contributed by atoms with Crippen molar-refractivity contribution >= 4 is 17.7 Å². The van der Waals surface area contributed by atoms with Gasteiger partial charge in [0.1, 0.15) is 0 Å². The van der Waals surface area contributed by atoms with Crippen molar-refractivity contribution in [3.63, 3.8) is 0 Å². The normalized spacial score (nSPS) is 21.2. The van der Waals surface area contributed by atoms with Gasteiger partial charge >= 0.3 is 0 Å². The van der Waals surface area contributed by atoms with Crippen LogP contribution in [0.2, 0.25) is 0 Å². The van der Waals surface area contributed by atoms with E-state index in [-0.39, 0.29) is 35.4 Å². The van der Waals surface area contributed by atoms with Gasteiger partial charge < -0.3 is 10.4 Å². The number of benzene rings is 2. The Morgan fingerprint density at radius 1 is 0.966 bits per heavy atom. The van der Waals surface area contributed by atoms with E-state index in [2.05, 4.69) is 5.32 Å². The third-order valence-corrected chi connectivity index (χ3v) is 5.73. The molecular formula is C23H24N2O4. The Kier molecular flexibility index (Phi) is 5.45. The summed E-state index contributed by atoms with van der Waals surface area (Å²) in [4.78, 5) is 39.3. The first kappa shape index (κ1) is 19.3. The minimum Gasteiger partial charge on any atom is -0.393 e. The average Bonchev–Trinajstić information content (AvgIpc) is 2.98. The fraction of sp³-hybridized carbons (Fsp3) is 0.348. The molecule has 1 saturated carbocycles. The number of carbonyl (C=O) groups is 3. The van der Waals surface area contributed by atoms with Gasteiger partial charge in [-0.25, -0.2) is 0 Å². The highest BCUT2D eigenvalue weighted by Crippen LogP contribution is 2.25. The van der Waals surface area contributed by atoms with Crippen molar-refractivity contribution < 1.29 is 19.5 Å². The Balaban J connectivity index is 1.44. The van der Waals surface area contributed by atoms with Crippen LogP contribution >= 0.6 is 0 Å². The average molecular weight is 392 g/mol. The van der Waals surface area contributed by atoms with E-state index < -0.39 is 0 Å². The molecule has 3 amide bonds. The molecule has 2 aromatic carbocycles. The van der Waals surface area contributed by atoms with Crippen LogP contribution in [0, 0.1) is 0 Å². The third kappa shape index (κ3) is 4.07. The zero-order valence-electron chi connectivity index (χ0n) is 16.1. The molecular weight excluding hydrogens is 368 g/mol. The van der Waals surface area contributed by atoms with Crippen molar-refractivity contribution in [1.82, 2.24) is 10.2 Å². The molecule has 0 unspecified atom stereocenters. The number of rotatable bonds is 5. The highest BCUT2D eigenvalue weighted by atomic mass is 16.3. The van der Waals surface area contributed by atoms with Crippen LogP contribution in [0.4, 0.5) is 0 Å². The number of carbonyl (C=O) groups excluding carboxylic acids is 3. The van der Waals surface area contributed by atoms with Crippen LogP contribution in [0.15, 0.2) is 48.5 Å². The number of nitrogens with zero attached hydrogens (tertiary/aromatic N) is 1. The third-order valence-electron chi connectivity index (χ3n) is 5.73. The maximum Gasteiger partial charge on any atom is 0.261 e. The Labute approximate surface area is 169 Å². The second kappa shape index (κ2) is 8.17. The SMILES string of the molecule is O=C(NC1CCC(O)CC1)c1ccc2c(c1)C(=O)N(CCc1ccccc1)C2=O. The van der Waals surface area contributed by atoms with Crippen LogP contribution < -0.4 is 5.32 Å². The Bertz CT molecular complexity index is 933. The largest absolute Gasteiger partial charge is 0.393 e. The number of fused-ring (bicyclic) bond motifs is 1. The Morgan fingerprint density at radius 2 is 1.66 bits per heavy atom. The molecule has 4 rings (SSSR count). The van der Waals surface area contributed by atoms with E-state index >= 15 is 0 Å². The molecule has 2 aromatic rings. The summed E-state index contributed by atoms with van der Waals surface area (Å²) in [5, 5.41) is 12.6. The van der Waals surface area contributed by atoms with Crippen molar-refractivity contribution in [2.24, 2.45) is 0 Å². The van der Waals surface area contributed by atoms with Gasteiger partial charge in [0.15, 0.2) is 0 Å². The quantitative estimate of drug-likeness (QED) is 0.766. The van der Waals surface area contributed by atoms with E-state index in [4.69, 9.17) is 0 Å². The van der Waals surface area contributed by atoms with Crippen LogP contribution in [0.25, 0.3) is 0 Å². The second-order valence-corrected chi connectivity index (χ2v) is 7.74. The first-order valence-electron chi connectivity index (χ1n) is 10.1. The molecule has 0 spiro atoms. The molecule has 1 fully saturated rings. The molecule has 6 nitrogen and oxygen atoms in total. The molecule has 0 bridgehead atoms. The maximum absolute atomic E-state index is 12.8. The van der Waals surface area contributed by atoms with Gasteiger partial charge in [0.05, 0.1) is 17.2 Å². The van der Waals surface area contributed by atoms with Gasteiger partial charge in [-0.05, 0) is 55.9 Å². The summed E-state index contributed by atoms with van der Waals surface area (Å²) < 4.78 is 0. The molecule has 0 atom stereocenters. The van der Waals surface area contributed by atoms with Crippen molar-refractivity contribution in [2.45, 2.75) is 44.2 Å². The number of hydrogen-bond acceptors (Lipinski definition) is 4. The monoisotopic (exact) mass is 392 g/mol. The molecule has 0 radical (unpaired) electrons. The van der Waals surface area contributed by atoms with E-state index in [9.17, 15) is 19.5 Å². The van der Waals surface area contributed by atoms with Gasteiger partial charge in [0.25, 0.3) is 17.7 Å². The topological polar surface area (TPSA) is 86.7 Å². The number of nitrogens with one attached hydrogen (secondary N) is 1. The fourth-order valence-electron chi connectivity index (χ4n) is 4.01. The number of imide groups is 1. The van der Waals surface area contributed by atoms with Crippen LogP contribution in [0.5, 0.6) is 0 Å². The smallest absolute Gasteiger partial charge is 0.261 e. The molecule has 2 N–H and O–H groups in total. The summed E-state index contributed by atoms with van der Waals surface area (Å²) >= 11 is 0.